The zero-order valence-corrected chi connectivity index (χ0v) is 77.2. The van der Waals surface area contributed by atoms with Crippen LogP contribution in [0.3, 0.4) is 0 Å². The second-order valence-corrected chi connectivity index (χ2v) is 29.5. The number of aryl methyl sites for hydroxylation is 9. The number of benzene rings is 6. The summed E-state index contributed by atoms with van der Waals surface area (Å²) in [5, 5.41) is 4.53. The summed E-state index contributed by atoms with van der Waals surface area (Å²) in [6, 6.07) is 71.8. The Morgan fingerprint density at radius 3 is 1.09 bits per heavy atom. The summed E-state index contributed by atoms with van der Waals surface area (Å²) in [5.41, 5.74) is 17.0. The first kappa shape index (κ1) is 63.0. The fourth-order valence-electron chi connectivity index (χ4n) is 13.6. The molecule has 3 radical (unpaired) electrons. The van der Waals surface area contributed by atoms with Crippen molar-refractivity contribution in [1.82, 2.24) is 44.9 Å². The van der Waals surface area contributed by atoms with Crippen LogP contribution >= 0.6 is 0 Å². The summed E-state index contributed by atoms with van der Waals surface area (Å²) in [6.07, 6.45) is 8.48. The second kappa shape index (κ2) is 42.4. The monoisotopic (exact) mass is 2180 g/mol. The molecule has 15 heteroatoms. The molecule has 0 bridgehead atoms. The molecule has 0 saturated heterocycles. The molecule has 18 rings (SSSR count). The predicted molar refractivity (Wildman–Crippen MR) is 493 cm³/mol. The Morgan fingerprint density at radius 2 is 0.699 bits per heavy atom. The molecule has 0 aliphatic carbocycles. The number of pyridine rings is 9. The molecule has 3 atom stereocenters. The van der Waals surface area contributed by atoms with Crippen LogP contribution < -0.4 is 0 Å². The molecule has 0 spiro atoms. The minimum absolute atomic E-state index is 0. The first-order valence-electron chi connectivity index (χ1n) is 52.1. The normalized spacial score (nSPS) is 16.7. The summed E-state index contributed by atoms with van der Waals surface area (Å²) >= 11 is 0. The van der Waals surface area contributed by atoms with E-state index in [1.165, 1.54) is 38.5 Å². The van der Waals surface area contributed by atoms with Gasteiger partial charge in [-0.25, -0.2) is 15.0 Å². The molecule has 0 fully saturated rings. The van der Waals surface area contributed by atoms with Gasteiger partial charge in [-0.15, -0.1) is 162 Å². The molecule has 633 valence electrons. The van der Waals surface area contributed by atoms with E-state index in [1.54, 1.807) is 145 Å². The van der Waals surface area contributed by atoms with E-state index in [2.05, 4.69) is 81.3 Å². The zero-order chi connectivity index (χ0) is 108. The fraction of sp³-hybridized carbons (Fsp3) is 0.250. The first-order valence-corrected chi connectivity index (χ1v) is 38.6. The molecule has 123 heavy (non-hydrogen) atoms. The second-order valence-electron chi connectivity index (χ2n) is 29.5. The molecule has 0 aliphatic heterocycles. The first-order chi connectivity index (χ1) is 68.1. The SMILES string of the molecule is [2H]C(C)(C)c1c[c-]c(-c2cc(C([2H])(C)C([2H])([2H])[2H])c(C)cn2)c2oc3nc(C)ccc3c12.[2H]C(C)(C)c1cc(C)nc2oc3c(-c4cc(C([2H])(C)C([2H])([2H])[2H])c(C)cn4)[c-]ccc3c12.[2H]C([2H])([2H])c1cc(-c2[c-]ccc3c2oc2nc(C)cc(C([2H])(C)C)c23)ncc1C([2H])(C)C([2H])([2H])[2H].[2H]C([2H])([2H])c1ccc(-c2[c-]cccc2)nc1.[2H]C([2H])([2H])c1ccc(-c2[c-]cccc2)nc1.[2H]C([2H])([2H])c1ccc(-c2[c-]cccc2)nc1.[Ir].[Ir].[Ir]. The van der Waals surface area contributed by atoms with E-state index in [-0.39, 0.29) is 93.8 Å². The van der Waals surface area contributed by atoms with Crippen molar-refractivity contribution < 1.29 is 111 Å². The molecule has 0 aliphatic rings. The Morgan fingerprint density at radius 1 is 0.301 bits per heavy atom. The number of fused-ring (bicyclic) bond motifs is 9. The van der Waals surface area contributed by atoms with Gasteiger partial charge in [0.2, 0.25) is 17.1 Å². The Kier molecular flexibility index (Phi) is 21.7. The third-order valence-corrected chi connectivity index (χ3v) is 19.6. The van der Waals surface area contributed by atoms with Crippen LogP contribution in [0.25, 0.3) is 134 Å². The average Bonchev–Trinajstić information content (AvgIpc) is 1.48. The van der Waals surface area contributed by atoms with Crippen LogP contribution in [-0.4, -0.2) is 44.9 Å². The zero-order valence-electron chi connectivity index (χ0n) is 97.0. The van der Waals surface area contributed by atoms with Gasteiger partial charge in [-0.05, 0) is 206 Å². The van der Waals surface area contributed by atoms with E-state index in [1.807, 2.05) is 120 Å². The van der Waals surface area contributed by atoms with Crippen molar-refractivity contribution in [3.8, 4) is 67.5 Å². The maximum Gasteiger partial charge on any atom is 0.216 e. The van der Waals surface area contributed by atoms with Gasteiger partial charge in [0, 0.05) is 168 Å². The number of aromatic nitrogens is 9. The van der Waals surface area contributed by atoms with Gasteiger partial charge < -0.3 is 43.2 Å². The summed E-state index contributed by atoms with van der Waals surface area (Å²) < 4.78 is 229. The number of rotatable bonds is 12. The van der Waals surface area contributed by atoms with Gasteiger partial charge in [0.1, 0.15) is 0 Å². The van der Waals surface area contributed by atoms with Crippen LogP contribution in [0.1, 0.15) is 239 Å². The van der Waals surface area contributed by atoms with Gasteiger partial charge in [-0.1, -0.05) is 182 Å². The van der Waals surface area contributed by atoms with Crippen molar-refractivity contribution in [3.05, 3.63) is 339 Å². The van der Waals surface area contributed by atoms with Gasteiger partial charge >= 0.3 is 0 Å². The predicted octanol–water partition coefficient (Wildman–Crippen LogP) is 28.7. The van der Waals surface area contributed by atoms with Crippen LogP contribution in [-0.2, 0) is 60.3 Å². The van der Waals surface area contributed by atoms with Crippen molar-refractivity contribution >= 4 is 66.2 Å². The van der Waals surface area contributed by atoms with Crippen molar-refractivity contribution in [1.29, 1.82) is 0 Å². The Labute approximate surface area is 804 Å². The van der Waals surface area contributed by atoms with Gasteiger partial charge in [0.25, 0.3) is 0 Å². The molecular formula is C108H105Ir3N9O3-6. The van der Waals surface area contributed by atoms with E-state index in [0.29, 0.717) is 101 Å². The largest absolute Gasteiger partial charge is 0.486 e. The molecule has 12 aromatic heterocycles. The van der Waals surface area contributed by atoms with Crippen molar-refractivity contribution in [2.75, 3.05) is 0 Å². The molecule has 18 aromatic rings. The maximum atomic E-state index is 8.61. The van der Waals surface area contributed by atoms with Crippen molar-refractivity contribution in [2.45, 2.75) is 180 Å². The van der Waals surface area contributed by atoms with Gasteiger partial charge in [0.05, 0.1) is 16.7 Å². The van der Waals surface area contributed by atoms with Crippen LogP contribution in [0.15, 0.2) is 232 Å². The molecule has 0 amide bonds. The summed E-state index contributed by atoms with van der Waals surface area (Å²) in [5.74, 6) is -8.45. The quantitative estimate of drug-likeness (QED) is 0.107. The summed E-state index contributed by atoms with van der Waals surface area (Å²) in [4.78, 5) is 39.3. The van der Waals surface area contributed by atoms with E-state index in [0.717, 1.165) is 96.5 Å². The van der Waals surface area contributed by atoms with Gasteiger partial charge in [-0.2, -0.15) is 0 Å². The molecule has 0 N–H and O–H groups in total. The molecule has 12 heterocycles. The van der Waals surface area contributed by atoms with E-state index in [9.17, 15) is 0 Å². The smallest absolute Gasteiger partial charge is 0.216 e. The van der Waals surface area contributed by atoms with Crippen molar-refractivity contribution in [3.63, 3.8) is 0 Å². The van der Waals surface area contributed by atoms with Crippen LogP contribution in [0.2, 0.25) is 0 Å². The molecular weight excluding hydrogens is 2050 g/mol. The fourth-order valence-corrected chi connectivity index (χ4v) is 13.6. The minimum atomic E-state index is -2.76. The molecule has 3 unspecified atom stereocenters. The van der Waals surface area contributed by atoms with E-state index >= 15 is 0 Å². The van der Waals surface area contributed by atoms with Crippen molar-refractivity contribution in [2.24, 2.45) is 0 Å². The molecule has 6 aromatic carbocycles. The third kappa shape index (κ3) is 22.2. The van der Waals surface area contributed by atoms with Crippen LogP contribution in [0.4, 0.5) is 0 Å². The standard InChI is InChI=1S/3C24H25N2O.3C12H10N.3Ir/c1-13(2)17-9-10-18(21-11-20(14(3)4)15(5)12-25-21)23-22(17)19-8-7-16(6)26-24(19)27-23;1-13(2)19-11-21(25-12-15(19)5)17-8-7-9-18-22-20(14(3)4)10-16(6)26-24(22)27-23(17)18;1-13(2)19-11-16(6)26-24-22(19)18-9-7-8-17(23(18)27-24)21-10-15(5)20(12-25-21)14(3)4;3*1-10-7-8-12(13-9-10)11-5-3-2-4-6-11;;;/h7-9,11-14H,1-6H3;2*7,9-14H,1-6H3;3*2-5,7-9H,1H3;;;/q6*-1;;;/i3D3,13D,14D;1D3,13D,14D;3D3,5D3,13D,14D;3*1D3;;;. The summed E-state index contributed by atoms with van der Waals surface area (Å²) in [6.45, 7) is 7.14. The van der Waals surface area contributed by atoms with Gasteiger partial charge in [-0.3, -0.25) is 0 Å². The Balaban J connectivity index is 0.000000189. The maximum absolute atomic E-state index is 8.61. The Bertz CT molecular complexity index is 7590. The molecule has 12 nitrogen and oxygen atoms in total. The van der Waals surface area contributed by atoms with E-state index < -0.39 is 83.3 Å². The summed E-state index contributed by atoms with van der Waals surface area (Å²) in [7, 11) is 0. The van der Waals surface area contributed by atoms with Crippen LogP contribution in [0, 0.1) is 98.4 Å². The number of hydrogen-bond acceptors (Lipinski definition) is 12. The number of furan rings is 3. The number of hydrogen-bond donors (Lipinski definition) is 0. The Hall–Kier alpha value is -11.0. The minimum Gasteiger partial charge on any atom is -0.486 e. The third-order valence-electron chi connectivity index (χ3n) is 19.6. The topological polar surface area (TPSA) is 155 Å². The average molecular weight is 2180 g/mol. The molecule has 0 saturated carbocycles. The van der Waals surface area contributed by atoms with Gasteiger partial charge in [0.15, 0.2) is 0 Å². The van der Waals surface area contributed by atoms with Crippen LogP contribution in [0.5, 0.6) is 0 Å². The number of nitrogens with zero attached hydrogens (tertiary/aromatic N) is 9. The van der Waals surface area contributed by atoms with E-state index in [4.69, 9.17) is 50.3 Å².